The molecule has 0 spiro atoms. The first kappa shape index (κ1) is 18.1. The van der Waals surface area contributed by atoms with Gasteiger partial charge in [0.2, 0.25) is 0 Å². The van der Waals surface area contributed by atoms with Gasteiger partial charge in [0.15, 0.2) is 6.61 Å². The van der Waals surface area contributed by atoms with Crippen molar-refractivity contribution in [1.82, 2.24) is 5.32 Å². The molecule has 0 bridgehead atoms. The van der Waals surface area contributed by atoms with Crippen LogP contribution in [0.5, 0.6) is 5.75 Å². The summed E-state index contributed by atoms with van der Waals surface area (Å²) in [5.41, 5.74) is 6.91. The summed E-state index contributed by atoms with van der Waals surface area (Å²) in [5.74, 6) is 0.670. The molecule has 3 nitrogen and oxygen atoms in total. The van der Waals surface area contributed by atoms with E-state index in [9.17, 15) is 4.79 Å². The summed E-state index contributed by atoms with van der Waals surface area (Å²) in [6, 6.07) is 10.3. The molecule has 128 valence electrons. The summed E-state index contributed by atoms with van der Waals surface area (Å²) in [6.45, 7) is 12.2. The summed E-state index contributed by atoms with van der Waals surface area (Å²) < 4.78 is 5.74. The second-order valence-electron chi connectivity index (χ2n) is 6.64. The van der Waals surface area contributed by atoms with E-state index >= 15 is 0 Å². The van der Waals surface area contributed by atoms with Crippen LogP contribution in [-0.2, 0) is 4.79 Å². The summed E-state index contributed by atoms with van der Waals surface area (Å²) in [5, 5.41) is 3.02. The molecular weight excluding hydrogens is 298 g/mol. The van der Waals surface area contributed by atoms with Crippen LogP contribution in [0.4, 0.5) is 0 Å². The van der Waals surface area contributed by atoms with Crippen LogP contribution in [-0.4, -0.2) is 12.5 Å². The number of hydrogen-bond acceptors (Lipinski definition) is 2. The maximum absolute atomic E-state index is 12.2. The fraction of sp³-hybridized carbons (Fsp3) is 0.381. The van der Waals surface area contributed by atoms with Crippen molar-refractivity contribution in [3.05, 3.63) is 63.7 Å². The van der Waals surface area contributed by atoms with Gasteiger partial charge < -0.3 is 10.1 Å². The minimum Gasteiger partial charge on any atom is -0.483 e. The number of aryl methyl sites for hydroxylation is 4. The van der Waals surface area contributed by atoms with E-state index in [1.54, 1.807) is 0 Å². The zero-order valence-electron chi connectivity index (χ0n) is 15.5. The van der Waals surface area contributed by atoms with Crippen LogP contribution in [0.3, 0.4) is 0 Å². The average Bonchev–Trinajstić information content (AvgIpc) is 2.51. The van der Waals surface area contributed by atoms with Gasteiger partial charge in [-0.05, 0) is 75.4 Å². The Balaban J connectivity index is 2.00. The van der Waals surface area contributed by atoms with Gasteiger partial charge >= 0.3 is 0 Å². The Morgan fingerprint density at radius 1 is 1.00 bits per heavy atom. The minimum absolute atomic E-state index is 0.0267. The zero-order chi connectivity index (χ0) is 17.9. The van der Waals surface area contributed by atoms with E-state index in [-0.39, 0.29) is 18.6 Å². The molecule has 0 unspecified atom stereocenters. The molecule has 0 heterocycles. The van der Waals surface area contributed by atoms with Gasteiger partial charge in [-0.15, -0.1) is 0 Å². The maximum atomic E-state index is 12.2. The molecule has 0 aliphatic rings. The largest absolute Gasteiger partial charge is 0.483 e. The monoisotopic (exact) mass is 325 g/mol. The first-order chi connectivity index (χ1) is 11.3. The summed E-state index contributed by atoms with van der Waals surface area (Å²) in [7, 11) is 0. The van der Waals surface area contributed by atoms with E-state index in [0.29, 0.717) is 0 Å². The molecule has 24 heavy (non-hydrogen) atoms. The number of carbonyl (C=O) groups is 1. The molecule has 0 saturated carbocycles. The van der Waals surface area contributed by atoms with Crippen molar-refractivity contribution in [3.8, 4) is 5.75 Å². The standard InChI is InChI=1S/C21H27NO2/c1-13-7-8-15(3)19(10-13)18(6)22-21(23)12-24-20-11-14(2)9-16(4)17(20)5/h7-11,18H,12H2,1-6H3,(H,22,23)/t18-/m0/s1. The predicted octanol–water partition coefficient (Wildman–Crippen LogP) is 4.48. The molecule has 0 aliphatic carbocycles. The fourth-order valence-corrected chi connectivity index (χ4v) is 2.88. The van der Waals surface area contributed by atoms with E-state index < -0.39 is 0 Å². The normalized spacial score (nSPS) is 11.9. The molecule has 0 fully saturated rings. The number of amides is 1. The second kappa shape index (κ2) is 7.52. The predicted molar refractivity (Wildman–Crippen MR) is 98.6 cm³/mol. The van der Waals surface area contributed by atoms with Crippen molar-refractivity contribution in [3.63, 3.8) is 0 Å². The number of ether oxygens (including phenoxy) is 1. The van der Waals surface area contributed by atoms with Crippen LogP contribution in [0.1, 0.15) is 46.3 Å². The Labute approximate surface area is 145 Å². The summed E-state index contributed by atoms with van der Waals surface area (Å²) in [6.07, 6.45) is 0. The Kier molecular flexibility index (Phi) is 5.66. The highest BCUT2D eigenvalue weighted by Crippen LogP contribution is 2.23. The van der Waals surface area contributed by atoms with E-state index in [4.69, 9.17) is 4.74 Å². The molecule has 1 N–H and O–H groups in total. The van der Waals surface area contributed by atoms with Crippen molar-refractivity contribution in [2.45, 2.75) is 47.6 Å². The van der Waals surface area contributed by atoms with E-state index in [1.807, 2.05) is 26.8 Å². The Morgan fingerprint density at radius 2 is 1.71 bits per heavy atom. The van der Waals surface area contributed by atoms with Gasteiger partial charge in [0.25, 0.3) is 5.91 Å². The third-order valence-corrected chi connectivity index (χ3v) is 4.40. The molecule has 2 rings (SSSR count). The molecular formula is C21H27NO2. The third kappa shape index (κ3) is 4.38. The van der Waals surface area contributed by atoms with Gasteiger partial charge in [0.05, 0.1) is 6.04 Å². The van der Waals surface area contributed by atoms with Crippen molar-refractivity contribution in [2.75, 3.05) is 6.61 Å². The molecule has 2 aromatic rings. The minimum atomic E-state index is -0.109. The topological polar surface area (TPSA) is 38.3 Å². The lowest BCUT2D eigenvalue weighted by atomic mass is 10.00. The van der Waals surface area contributed by atoms with Gasteiger partial charge in [-0.3, -0.25) is 4.79 Å². The van der Waals surface area contributed by atoms with Crippen LogP contribution in [0.15, 0.2) is 30.3 Å². The number of benzene rings is 2. The highest BCUT2D eigenvalue weighted by atomic mass is 16.5. The second-order valence-corrected chi connectivity index (χ2v) is 6.64. The SMILES string of the molecule is Cc1cc(C)c(C)c(OCC(=O)N[C@@H](C)c2cc(C)ccc2C)c1. The first-order valence-electron chi connectivity index (χ1n) is 8.35. The lowest BCUT2D eigenvalue weighted by Gasteiger charge is -2.18. The molecule has 2 aromatic carbocycles. The molecule has 1 amide bonds. The highest BCUT2D eigenvalue weighted by Gasteiger charge is 2.13. The lowest BCUT2D eigenvalue weighted by Crippen LogP contribution is -2.31. The average molecular weight is 325 g/mol. The molecule has 0 aromatic heterocycles. The number of nitrogens with one attached hydrogen (secondary N) is 1. The highest BCUT2D eigenvalue weighted by molar-refractivity contribution is 5.78. The van der Waals surface area contributed by atoms with Crippen LogP contribution in [0, 0.1) is 34.6 Å². The van der Waals surface area contributed by atoms with E-state index in [1.165, 1.54) is 16.7 Å². The van der Waals surface area contributed by atoms with Crippen molar-refractivity contribution >= 4 is 5.91 Å². The van der Waals surface area contributed by atoms with Gasteiger partial charge in [0, 0.05) is 0 Å². The van der Waals surface area contributed by atoms with Crippen molar-refractivity contribution in [2.24, 2.45) is 0 Å². The van der Waals surface area contributed by atoms with Crippen LogP contribution < -0.4 is 10.1 Å². The van der Waals surface area contributed by atoms with Gasteiger partial charge in [0.1, 0.15) is 5.75 Å². The van der Waals surface area contributed by atoms with E-state index in [2.05, 4.69) is 50.4 Å². The maximum Gasteiger partial charge on any atom is 0.258 e. The zero-order valence-corrected chi connectivity index (χ0v) is 15.5. The van der Waals surface area contributed by atoms with Crippen molar-refractivity contribution in [1.29, 1.82) is 0 Å². The molecule has 0 radical (unpaired) electrons. The molecule has 3 heteroatoms. The number of hydrogen-bond donors (Lipinski definition) is 1. The van der Waals surface area contributed by atoms with E-state index in [0.717, 1.165) is 22.4 Å². The van der Waals surface area contributed by atoms with Gasteiger partial charge in [-0.1, -0.05) is 29.8 Å². The quantitative estimate of drug-likeness (QED) is 0.880. The summed E-state index contributed by atoms with van der Waals surface area (Å²) in [4.78, 5) is 12.2. The molecule has 0 aliphatic heterocycles. The Bertz CT molecular complexity index is 750. The lowest BCUT2D eigenvalue weighted by molar-refractivity contribution is -0.123. The smallest absolute Gasteiger partial charge is 0.258 e. The molecule has 1 atom stereocenters. The van der Waals surface area contributed by atoms with Crippen molar-refractivity contribution < 1.29 is 9.53 Å². The van der Waals surface area contributed by atoms with Crippen LogP contribution in [0.2, 0.25) is 0 Å². The number of rotatable bonds is 5. The molecule has 0 saturated heterocycles. The number of carbonyl (C=O) groups excluding carboxylic acids is 1. The van der Waals surface area contributed by atoms with Crippen LogP contribution >= 0.6 is 0 Å². The first-order valence-corrected chi connectivity index (χ1v) is 8.35. The Hall–Kier alpha value is -2.29. The van der Waals surface area contributed by atoms with Crippen LogP contribution in [0.25, 0.3) is 0 Å². The third-order valence-electron chi connectivity index (χ3n) is 4.40. The summed E-state index contributed by atoms with van der Waals surface area (Å²) >= 11 is 0. The fourth-order valence-electron chi connectivity index (χ4n) is 2.88. The van der Waals surface area contributed by atoms with Gasteiger partial charge in [-0.25, -0.2) is 0 Å². The van der Waals surface area contributed by atoms with Gasteiger partial charge in [-0.2, -0.15) is 0 Å². The Morgan fingerprint density at radius 3 is 2.42 bits per heavy atom.